The van der Waals surface area contributed by atoms with E-state index in [0.717, 1.165) is 19.4 Å². The fourth-order valence-electron chi connectivity index (χ4n) is 0.917. The number of carbonyl (C=O) groups excluding carboxylic acids is 1. The Morgan fingerprint density at radius 1 is 1.78 bits per heavy atom. The maximum Gasteiger partial charge on any atom is 0.246 e. The van der Waals surface area contributed by atoms with Gasteiger partial charge in [0.15, 0.2) is 0 Å². The molecule has 1 rings (SSSR count). The zero-order chi connectivity index (χ0) is 6.69. The van der Waals surface area contributed by atoms with Gasteiger partial charge in [0.1, 0.15) is 0 Å². The highest BCUT2D eigenvalue weighted by Crippen LogP contribution is 2.11. The summed E-state index contributed by atoms with van der Waals surface area (Å²) >= 11 is 0. The van der Waals surface area contributed by atoms with Gasteiger partial charge in [0.2, 0.25) is 5.91 Å². The molecular weight excluding hydrogens is 114 g/mol. The van der Waals surface area contributed by atoms with Crippen molar-refractivity contribution in [3.63, 3.8) is 0 Å². The molecule has 2 heteroatoms. The van der Waals surface area contributed by atoms with Crippen molar-refractivity contribution in [3.05, 3.63) is 19.2 Å². The molecule has 9 heavy (non-hydrogen) atoms. The second kappa shape index (κ2) is 2.67. The van der Waals surface area contributed by atoms with Crippen LogP contribution in [0.3, 0.4) is 0 Å². The second-order valence-corrected chi connectivity index (χ2v) is 2.06. The van der Waals surface area contributed by atoms with Gasteiger partial charge >= 0.3 is 0 Å². The molecule has 0 bridgehead atoms. The van der Waals surface area contributed by atoms with Gasteiger partial charge in [0.05, 0.1) is 6.54 Å². The van der Waals surface area contributed by atoms with Crippen LogP contribution in [0.5, 0.6) is 0 Å². The Hall–Kier alpha value is -0.790. The lowest BCUT2D eigenvalue weighted by molar-refractivity contribution is -0.123. The molecule has 1 saturated heterocycles. The Balaban J connectivity index is 2.41. The largest absolute Gasteiger partial charge is 0.334 e. The molecule has 1 aliphatic rings. The zero-order valence-corrected chi connectivity index (χ0v) is 5.34. The third-order valence-electron chi connectivity index (χ3n) is 1.41. The van der Waals surface area contributed by atoms with Crippen LogP contribution in [0.4, 0.5) is 0 Å². The molecule has 0 unspecified atom stereocenters. The first kappa shape index (κ1) is 6.33. The molecule has 0 aliphatic carbocycles. The Kier molecular flexibility index (Phi) is 1.88. The van der Waals surface area contributed by atoms with Crippen LogP contribution in [0.25, 0.3) is 0 Å². The van der Waals surface area contributed by atoms with Crippen molar-refractivity contribution in [2.24, 2.45) is 0 Å². The Bertz CT molecular complexity index is 125. The summed E-state index contributed by atoms with van der Waals surface area (Å²) in [6.45, 7) is 6.18. The van der Waals surface area contributed by atoms with E-state index in [1.54, 1.807) is 4.90 Å². The maximum atomic E-state index is 10.8. The quantitative estimate of drug-likeness (QED) is 0.477. The van der Waals surface area contributed by atoms with Crippen LogP contribution >= 0.6 is 0 Å². The van der Waals surface area contributed by atoms with Gasteiger partial charge in [-0.05, 0) is 18.9 Å². The summed E-state index contributed by atoms with van der Waals surface area (Å²) < 4.78 is 0. The van der Waals surface area contributed by atoms with Gasteiger partial charge in [-0.25, -0.2) is 0 Å². The Morgan fingerprint density at radius 2 is 2.56 bits per heavy atom. The number of amides is 1. The van der Waals surface area contributed by atoms with Gasteiger partial charge in [-0.2, -0.15) is 0 Å². The molecule has 0 aromatic carbocycles. The summed E-state index contributed by atoms with van der Waals surface area (Å²) in [7, 11) is 0. The standard InChI is InChI=1S/C7H10NO/c1-2-7(9)8-5-3-4-6-8/h2,5H,1,3-4,6H2. The third kappa shape index (κ3) is 1.31. The molecule has 0 saturated carbocycles. The van der Waals surface area contributed by atoms with Crippen LogP contribution in [0, 0.1) is 6.54 Å². The number of rotatable bonds is 1. The number of likely N-dealkylation sites (tertiary alicyclic amines) is 1. The molecule has 0 aromatic heterocycles. The van der Waals surface area contributed by atoms with Crippen molar-refractivity contribution in [1.29, 1.82) is 0 Å². The number of nitrogens with zero attached hydrogens (tertiary/aromatic N) is 1. The van der Waals surface area contributed by atoms with Gasteiger partial charge in [0.25, 0.3) is 0 Å². The SMILES string of the molecule is C=CC(=O)N1[CH]CCC1. The predicted molar refractivity (Wildman–Crippen MR) is 35.4 cm³/mol. The van der Waals surface area contributed by atoms with Gasteiger partial charge in [0, 0.05) is 6.54 Å². The van der Waals surface area contributed by atoms with E-state index in [9.17, 15) is 4.79 Å². The lowest BCUT2D eigenvalue weighted by atomic mass is 10.4. The Labute approximate surface area is 55.2 Å². The molecule has 1 fully saturated rings. The van der Waals surface area contributed by atoms with E-state index < -0.39 is 0 Å². The van der Waals surface area contributed by atoms with Crippen LogP contribution in [0.1, 0.15) is 12.8 Å². The van der Waals surface area contributed by atoms with Crippen LogP contribution in [-0.2, 0) is 4.79 Å². The van der Waals surface area contributed by atoms with Gasteiger partial charge in [-0.3, -0.25) is 4.79 Å². The molecule has 1 amide bonds. The van der Waals surface area contributed by atoms with E-state index in [1.807, 2.05) is 6.54 Å². The van der Waals surface area contributed by atoms with Crippen LogP contribution in [0.15, 0.2) is 12.7 Å². The van der Waals surface area contributed by atoms with Crippen molar-refractivity contribution in [2.45, 2.75) is 12.8 Å². The van der Waals surface area contributed by atoms with E-state index >= 15 is 0 Å². The second-order valence-electron chi connectivity index (χ2n) is 2.06. The minimum absolute atomic E-state index is 0.0208. The van der Waals surface area contributed by atoms with Crippen molar-refractivity contribution < 1.29 is 4.79 Å². The number of hydrogen-bond donors (Lipinski definition) is 0. The molecule has 0 aromatic rings. The summed E-state index contributed by atoms with van der Waals surface area (Å²) in [6.07, 6.45) is 3.47. The highest BCUT2D eigenvalue weighted by molar-refractivity contribution is 5.87. The molecule has 49 valence electrons. The molecule has 1 aliphatic heterocycles. The van der Waals surface area contributed by atoms with Crippen molar-refractivity contribution in [2.75, 3.05) is 6.54 Å². The summed E-state index contributed by atoms with van der Waals surface area (Å²) in [6, 6.07) is 0. The monoisotopic (exact) mass is 124 g/mol. The summed E-state index contributed by atoms with van der Waals surface area (Å²) in [4.78, 5) is 12.5. The topological polar surface area (TPSA) is 20.3 Å². The highest BCUT2D eigenvalue weighted by Gasteiger charge is 2.14. The van der Waals surface area contributed by atoms with E-state index in [2.05, 4.69) is 6.58 Å². The molecular formula is C7H10NO. The van der Waals surface area contributed by atoms with E-state index in [1.165, 1.54) is 6.08 Å². The first-order valence-corrected chi connectivity index (χ1v) is 3.11. The molecule has 0 N–H and O–H groups in total. The van der Waals surface area contributed by atoms with Crippen LogP contribution < -0.4 is 0 Å². The molecule has 1 radical (unpaired) electrons. The maximum absolute atomic E-state index is 10.8. The van der Waals surface area contributed by atoms with Crippen LogP contribution in [0.2, 0.25) is 0 Å². The first-order valence-electron chi connectivity index (χ1n) is 3.11. The highest BCUT2D eigenvalue weighted by atomic mass is 16.2. The van der Waals surface area contributed by atoms with Gasteiger partial charge < -0.3 is 4.90 Å². The average molecular weight is 124 g/mol. The lowest BCUT2D eigenvalue weighted by Gasteiger charge is -2.10. The number of carbonyl (C=O) groups is 1. The minimum atomic E-state index is 0.0208. The average Bonchev–Trinajstić information content (AvgIpc) is 2.37. The van der Waals surface area contributed by atoms with Gasteiger partial charge in [-0.15, -0.1) is 0 Å². The molecule has 0 spiro atoms. The summed E-state index contributed by atoms with van der Waals surface area (Å²) in [5, 5.41) is 0. The van der Waals surface area contributed by atoms with Crippen molar-refractivity contribution >= 4 is 5.91 Å². The van der Waals surface area contributed by atoms with Crippen molar-refractivity contribution in [1.82, 2.24) is 4.90 Å². The van der Waals surface area contributed by atoms with E-state index in [4.69, 9.17) is 0 Å². The summed E-state index contributed by atoms with van der Waals surface area (Å²) in [5.74, 6) is 0.0208. The Morgan fingerprint density at radius 3 is 3.00 bits per heavy atom. The van der Waals surface area contributed by atoms with Crippen molar-refractivity contribution in [3.8, 4) is 0 Å². The molecule has 1 heterocycles. The first-order chi connectivity index (χ1) is 4.34. The van der Waals surface area contributed by atoms with E-state index in [-0.39, 0.29) is 5.91 Å². The van der Waals surface area contributed by atoms with E-state index in [0.29, 0.717) is 0 Å². The molecule has 0 atom stereocenters. The smallest absolute Gasteiger partial charge is 0.246 e. The fraction of sp³-hybridized carbons (Fsp3) is 0.429. The van der Waals surface area contributed by atoms with Gasteiger partial charge in [-0.1, -0.05) is 6.58 Å². The molecule has 2 nitrogen and oxygen atoms in total. The fourth-order valence-corrected chi connectivity index (χ4v) is 0.917. The van der Waals surface area contributed by atoms with Crippen LogP contribution in [-0.4, -0.2) is 17.4 Å². The third-order valence-corrected chi connectivity index (χ3v) is 1.41. The normalized spacial score (nSPS) is 18.0. The summed E-state index contributed by atoms with van der Waals surface area (Å²) in [5.41, 5.74) is 0. The number of hydrogen-bond acceptors (Lipinski definition) is 1. The predicted octanol–water partition coefficient (Wildman–Crippen LogP) is 0.957. The zero-order valence-electron chi connectivity index (χ0n) is 5.34. The minimum Gasteiger partial charge on any atom is -0.334 e. The lowest BCUT2D eigenvalue weighted by Crippen LogP contribution is -2.21.